The molecule has 1 saturated heterocycles. The van der Waals surface area contributed by atoms with Gasteiger partial charge in [-0.05, 0) is 18.6 Å². The van der Waals surface area contributed by atoms with E-state index < -0.39 is 9.84 Å². The van der Waals surface area contributed by atoms with Gasteiger partial charge in [0.25, 0.3) is 5.56 Å². The Kier molecular flexibility index (Phi) is 3.43. The summed E-state index contributed by atoms with van der Waals surface area (Å²) in [4.78, 5) is 20.7. The van der Waals surface area contributed by atoms with E-state index in [2.05, 4.69) is 9.97 Å². The lowest BCUT2D eigenvalue weighted by Crippen LogP contribution is -2.38. The molecule has 0 saturated carbocycles. The number of fused-ring (bicyclic) bond motifs is 1. The number of hydrogen-bond donors (Lipinski definition) is 3. The topological polar surface area (TPSA) is 127 Å². The molecule has 130 valence electrons. The molecule has 3 N–H and O–H groups in total. The number of amidine groups is 1. The molecular weight excluding hydrogens is 344 g/mol. The summed E-state index contributed by atoms with van der Waals surface area (Å²) < 4.78 is 23.4. The first-order valence-electron chi connectivity index (χ1n) is 7.83. The van der Waals surface area contributed by atoms with Crippen LogP contribution in [0.25, 0.3) is 16.5 Å². The smallest absolute Gasteiger partial charge is 0.259 e. The molecule has 9 heteroatoms. The van der Waals surface area contributed by atoms with Gasteiger partial charge in [0.05, 0.1) is 34.5 Å². The summed E-state index contributed by atoms with van der Waals surface area (Å²) in [6.45, 7) is 0.0465. The molecule has 4 rings (SSSR count). The fraction of sp³-hybridized carbons (Fsp3) is 0.312. The Hall–Kier alpha value is -2.68. The minimum Gasteiger partial charge on any atom is -0.510 e. The first-order chi connectivity index (χ1) is 11.9. The maximum Gasteiger partial charge on any atom is 0.259 e. The summed E-state index contributed by atoms with van der Waals surface area (Å²) >= 11 is 0. The number of nitrogens with one attached hydrogen (secondary N) is 2. The number of hydrogen-bond acceptors (Lipinski definition) is 6. The number of nitrogens with zero attached hydrogens (tertiary/aromatic N) is 2. The van der Waals surface area contributed by atoms with Gasteiger partial charge in [0.2, 0.25) is 0 Å². The predicted molar refractivity (Wildman–Crippen MR) is 93.4 cm³/mol. The van der Waals surface area contributed by atoms with E-state index in [9.17, 15) is 18.3 Å². The van der Waals surface area contributed by atoms with Crippen molar-refractivity contribution in [3.63, 3.8) is 0 Å². The van der Waals surface area contributed by atoms with Gasteiger partial charge >= 0.3 is 0 Å². The van der Waals surface area contributed by atoms with E-state index in [1.165, 1.54) is 0 Å². The highest BCUT2D eigenvalue weighted by Gasteiger charge is 2.39. The van der Waals surface area contributed by atoms with E-state index in [0.29, 0.717) is 17.3 Å². The van der Waals surface area contributed by atoms with Crippen molar-refractivity contribution in [1.29, 1.82) is 5.41 Å². The lowest BCUT2D eigenvalue weighted by Gasteiger charge is -2.24. The van der Waals surface area contributed by atoms with Gasteiger partial charge in [-0.3, -0.25) is 10.2 Å². The van der Waals surface area contributed by atoms with Crippen molar-refractivity contribution in [3.8, 4) is 0 Å². The summed E-state index contributed by atoms with van der Waals surface area (Å²) in [5, 5.41) is 19.1. The number of aromatic nitrogens is 2. The first kappa shape index (κ1) is 15.8. The zero-order valence-corrected chi connectivity index (χ0v) is 14.0. The molecule has 1 unspecified atom stereocenters. The standard InChI is InChI=1S/C16H16N4O4S/c17-14-13(12(21)7-20(14)9-5-6-25(23,24)8-9)15-18-11-4-2-1-3-10(11)16(22)19-15/h1-4,9,17,21H,5-8H2,(H,18,19,22). The summed E-state index contributed by atoms with van der Waals surface area (Å²) in [7, 11) is -3.10. The molecule has 0 amide bonds. The van der Waals surface area contributed by atoms with Crippen LogP contribution in [0.4, 0.5) is 0 Å². The molecule has 1 aromatic carbocycles. The van der Waals surface area contributed by atoms with E-state index in [1.807, 2.05) is 0 Å². The van der Waals surface area contributed by atoms with Crippen molar-refractivity contribution >= 4 is 32.1 Å². The van der Waals surface area contributed by atoms with Crippen molar-refractivity contribution in [2.45, 2.75) is 12.5 Å². The quantitative estimate of drug-likeness (QED) is 0.722. The fourth-order valence-corrected chi connectivity index (χ4v) is 5.12. The number of rotatable bonds is 2. The van der Waals surface area contributed by atoms with Crippen LogP contribution in [0.3, 0.4) is 0 Å². The molecule has 1 fully saturated rings. The molecule has 0 radical (unpaired) electrons. The highest BCUT2D eigenvalue weighted by atomic mass is 32.2. The number of sulfone groups is 1. The van der Waals surface area contributed by atoms with Gasteiger partial charge in [0, 0.05) is 6.04 Å². The van der Waals surface area contributed by atoms with Gasteiger partial charge < -0.3 is 15.0 Å². The molecule has 1 atom stereocenters. The van der Waals surface area contributed by atoms with Crippen LogP contribution in [0.15, 0.2) is 34.8 Å². The summed E-state index contributed by atoms with van der Waals surface area (Å²) in [6.07, 6.45) is 0.424. The largest absolute Gasteiger partial charge is 0.510 e. The van der Waals surface area contributed by atoms with Crippen LogP contribution in [0.2, 0.25) is 0 Å². The first-order valence-corrected chi connectivity index (χ1v) is 9.65. The van der Waals surface area contributed by atoms with Crippen molar-refractivity contribution in [2.24, 2.45) is 0 Å². The van der Waals surface area contributed by atoms with Gasteiger partial charge in [0.15, 0.2) is 9.84 Å². The second-order valence-corrected chi connectivity index (χ2v) is 8.52. The molecule has 2 aliphatic heterocycles. The Labute approximate surface area is 143 Å². The molecule has 3 heterocycles. The molecule has 0 bridgehead atoms. The van der Waals surface area contributed by atoms with E-state index >= 15 is 0 Å². The van der Waals surface area contributed by atoms with Gasteiger partial charge in [0.1, 0.15) is 17.4 Å². The average Bonchev–Trinajstić information content (AvgIpc) is 3.06. The summed E-state index contributed by atoms with van der Waals surface area (Å²) in [5.74, 6) is 0.0699. The van der Waals surface area contributed by atoms with E-state index in [0.717, 1.165) is 0 Å². The zero-order chi connectivity index (χ0) is 17.8. The summed E-state index contributed by atoms with van der Waals surface area (Å²) in [5.41, 5.74) is 0.263. The Morgan fingerprint density at radius 1 is 1.32 bits per heavy atom. The normalized spacial score (nSPS) is 23.0. The molecule has 8 nitrogen and oxygen atoms in total. The van der Waals surface area contributed by atoms with Crippen molar-refractivity contribution in [1.82, 2.24) is 14.9 Å². The minimum atomic E-state index is -3.10. The molecule has 0 spiro atoms. The molecule has 1 aromatic heterocycles. The highest BCUT2D eigenvalue weighted by Crippen LogP contribution is 2.30. The highest BCUT2D eigenvalue weighted by molar-refractivity contribution is 7.91. The van der Waals surface area contributed by atoms with Crippen LogP contribution in [-0.2, 0) is 9.84 Å². The number of aliphatic hydroxyl groups excluding tert-OH is 1. The van der Waals surface area contributed by atoms with Crippen molar-refractivity contribution < 1.29 is 13.5 Å². The maximum absolute atomic E-state index is 12.2. The molecule has 0 aliphatic carbocycles. The predicted octanol–water partition coefficient (Wildman–Crippen LogP) is 0.672. The lowest BCUT2D eigenvalue weighted by molar-refractivity contribution is 0.309. The molecule has 2 aromatic rings. The molecule has 2 aliphatic rings. The van der Waals surface area contributed by atoms with Crippen LogP contribution in [0.5, 0.6) is 0 Å². The third kappa shape index (κ3) is 2.60. The Balaban J connectivity index is 1.73. The van der Waals surface area contributed by atoms with E-state index in [-0.39, 0.29) is 52.6 Å². The van der Waals surface area contributed by atoms with Crippen LogP contribution in [-0.4, -0.2) is 58.3 Å². The Bertz CT molecular complexity index is 1090. The third-order valence-electron chi connectivity index (χ3n) is 4.63. The van der Waals surface area contributed by atoms with Crippen molar-refractivity contribution in [3.05, 3.63) is 46.2 Å². The number of aliphatic hydroxyl groups is 1. The third-order valence-corrected chi connectivity index (χ3v) is 6.38. The summed E-state index contributed by atoms with van der Waals surface area (Å²) in [6, 6.07) is 6.47. The van der Waals surface area contributed by atoms with Crippen LogP contribution in [0, 0.1) is 5.41 Å². The molecule has 25 heavy (non-hydrogen) atoms. The van der Waals surface area contributed by atoms with Gasteiger partial charge in [-0.25, -0.2) is 13.4 Å². The average molecular weight is 360 g/mol. The number of H-pyrrole nitrogens is 1. The van der Waals surface area contributed by atoms with Gasteiger partial charge in [-0.1, -0.05) is 12.1 Å². The number of para-hydroxylation sites is 1. The zero-order valence-electron chi connectivity index (χ0n) is 13.2. The molecular formula is C16H16N4O4S. The number of benzene rings is 1. The van der Waals surface area contributed by atoms with Gasteiger partial charge in [-0.2, -0.15) is 0 Å². The van der Waals surface area contributed by atoms with E-state index in [4.69, 9.17) is 5.41 Å². The van der Waals surface area contributed by atoms with Crippen molar-refractivity contribution in [2.75, 3.05) is 18.1 Å². The van der Waals surface area contributed by atoms with Crippen LogP contribution >= 0.6 is 0 Å². The monoisotopic (exact) mass is 360 g/mol. The van der Waals surface area contributed by atoms with Crippen LogP contribution < -0.4 is 5.56 Å². The Morgan fingerprint density at radius 3 is 2.80 bits per heavy atom. The maximum atomic E-state index is 12.2. The minimum absolute atomic E-state index is 0.0157. The second kappa shape index (κ2) is 5.41. The lowest BCUT2D eigenvalue weighted by atomic mass is 10.2. The van der Waals surface area contributed by atoms with E-state index in [1.54, 1.807) is 29.2 Å². The van der Waals surface area contributed by atoms with Gasteiger partial charge in [-0.15, -0.1) is 0 Å². The Morgan fingerprint density at radius 2 is 2.08 bits per heavy atom. The van der Waals surface area contributed by atoms with Crippen LogP contribution in [0.1, 0.15) is 12.2 Å². The SMILES string of the molecule is N=C1C(c2nc3ccccc3c(=O)[nH]2)=C(O)CN1C1CCS(=O)(=O)C1. The fourth-order valence-electron chi connectivity index (χ4n) is 3.39. The number of aromatic amines is 1. The second-order valence-electron chi connectivity index (χ2n) is 6.29.